The van der Waals surface area contributed by atoms with Gasteiger partial charge in [0.25, 0.3) is 0 Å². The second-order valence-corrected chi connectivity index (χ2v) is 6.26. The fraction of sp³-hybridized carbons (Fsp3) is 0.857. The maximum absolute atomic E-state index is 12.7. The molecule has 0 bridgehead atoms. The third-order valence-corrected chi connectivity index (χ3v) is 4.82. The molecule has 102 valence electrons. The van der Waals surface area contributed by atoms with Crippen LogP contribution in [0.15, 0.2) is 0 Å². The fourth-order valence-electron chi connectivity index (χ4n) is 3.36. The fourth-order valence-corrected chi connectivity index (χ4v) is 3.36. The minimum atomic E-state index is -0.999. The van der Waals surface area contributed by atoms with Gasteiger partial charge in [0.05, 0.1) is 0 Å². The van der Waals surface area contributed by atoms with Gasteiger partial charge in [0.2, 0.25) is 5.91 Å². The van der Waals surface area contributed by atoms with E-state index in [1.165, 1.54) is 0 Å². The molecule has 1 atom stereocenters. The summed E-state index contributed by atoms with van der Waals surface area (Å²) in [6.07, 6.45) is 6.36. The Morgan fingerprint density at radius 2 is 1.56 bits per heavy atom. The van der Waals surface area contributed by atoms with Gasteiger partial charge in [0.15, 0.2) is 0 Å². The van der Waals surface area contributed by atoms with Crippen LogP contribution in [-0.2, 0) is 9.59 Å². The zero-order chi connectivity index (χ0) is 13.4. The number of aliphatic carboxylic acids is 1. The molecule has 18 heavy (non-hydrogen) atoms. The molecule has 0 aromatic carbocycles. The molecule has 1 aliphatic heterocycles. The predicted molar refractivity (Wildman–Crippen MR) is 68.2 cm³/mol. The Balaban J connectivity index is 2.24. The minimum absolute atomic E-state index is 0.0598. The van der Waals surface area contributed by atoms with Crippen LogP contribution < -0.4 is 0 Å². The number of carboxylic acids is 1. The van der Waals surface area contributed by atoms with Gasteiger partial charge in [-0.15, -0.1) is 0 Å². The molecular weight excluding hydrogens is 230 g/mol. The summed E-state index contributed by atoms with van der Waals surface area (Å²) in [6.45, 7) is 4.29. The molecule has 2 rings (SSSR count). The number of rotatable bonds is 2. The number of hydrogen-bond donors (Lipinski definition) is 1. The van der Waals surface area contributed by atoms with Crippen molar-refractivity contribution in [2.45, 2.75) is 64.3 Å². The van der Waals surface area contributed by atoms with Crippen LogP contribution in [0.5, 0.6) is 0 Å². The maximum atomic E-state index is 12.7. The van der Waals surface area contributed by atoms with Gasteiger partial charge in [-0.3, -0.25) is 4.79 Å². The normalized spacial score (nSPS) is 31.3. The molecule has 1 N–H and O–H groups in total. The van der Waals surface area contributed by atoms with Gasteiger partial charge < -0.3 is 10.0 Å². The first-order chi connectivity index (χ1) is 8.40. The van der Waals surface area contributed by atoms with E-state index in [2.05, 4.69) is 0 Å². The first-order valence-corrected chi connectivity index (χ1v) is 6.96. The molecule has 1 amide bonds. The second-order valence-electron chi connectivity index (χ2n) is 6.26. The highest BCUT2D eigenvalue weighted by Crippen LogP contribution is 2.42. The Kier molecular flexibility index (Phi) is 3.39. The van der Waals surface area contributed by atoms with Crippen LogP contribution in [0.1, 0.15) is 58.8 Å². The number of amides is 1. The SMILES string of the molecule is CC1(C(=O)N2CCCCC2(C)C(=O)O)CCCC1. The molecular formula is C14H23NO3. The van der Waals surface area contributed by atoms with Crippen molar-refractivity contribution in [1.82, 2.24) is 4.90 Å². The van der Waals surface area contributed by atoms with E-state index in [9.17, 15) is 14.7 Å². The minimum Gasteiger partial charge on any atom is -0.480 e. The van der Waals surface area contributed by atoms with Crippen LogP contribution >= 0.6 is 0 Å². The standard InChI is InChI=1S/C14H23NO3/c1-13(7-3-4-8-13)11(16)15-10-6-5-9-14(15,2)12(17)18/h3-10H2,1-2H3,(H,17,18). The number of carboxylic acid groups (broad SMARTS) is 1. The molecule has 1 heterocycles. The van der Waals surface area contributed by atoms with Crippen molar-refractivity contribution in [2.24, 2.45) is 5.41 Å². The Labute approximate surface area is 108 Å². The number of piperidine rings is 1. The van der Waals surface area contributed by atoms with E-state index in [0.29, 0.717) is 13.0 Å². The van der Waals surface area contributed by atoms with Crippen LogP contribution in [0.2, 0.25) is 0 Å². The van der Waals surface area contributed by atoms with E-state index in [0.717, 1.165) is 38.5 Å². The first kappa shape index (κ1) is 13.4. The first-order valence-electron chi connectivity index (χ1n) is 6.96. The molecule has 1 saturated carbocycles. The number of carbonyl (C=O) groups is 2. The van der Waals surface area contributed by atoms with Crippen LogP contribution in [0.25, 0.3) is 0 Å². The lowest BCUT2D eigenvalue weighted by Gasteiger charge is -2.45. The van der Waals surface area contributed by atoms with E-state index in [4.69, 9.17) is 0 Å². The molecule has 2 aliphatic rings. The van der Waals surface area contributed by atoms with Crippen molar-refractivity contribution in [1.29, 1.82) is 0 Å². The van der Waals surface area contributed by atoms with Crippen molar-refractivity contribution in [3.05, 3.63) is 0 Å². The molecule has 1 aliphatic carbocycles. The van der Waals surface area contributed by atoms with E-state index in [1.807, 2.05) is 6.92 Å². The van der Waals surface area contributed by atoms with Crippen LogP contribution in [0.3, 0.4) is 0 Å². The average Bonchev–Trinajstić information content (AvgIpc) is 2.77. The number of nitrogens with zero attached hydrogens (tertiary/aromatic N) is 1. The summed E-state index contributed by atoms with van der Waals surface area (Å²) in [7, 11) is 0. The Morgan fingerprint density at radius 3 is 2.11 bits per heavy atom. The predicted octanol–water partition coefficient (Wildman–Crippen LogP) is 2.42. The van der Waals surface area contributed by atoms with Crippen LogP contribution in [0.4, 0.5) is 0 Å². The molecule has 2 fully saturated rings. The number of likely N-dealkylation sites (tertiary alicyclic amines) is 1. The zero-order valence-electron chi connectivity index (χ0n) is 11.4. The number of carbonyl (C=O) groups excluding carboxylic acids is 1. The van der Waals surface area contributed by atoms with E-state index >= 15 is 0 Å². The quantitative estimate of drug-likeness (QED) is 0.822. The Bertz CT molecular complexity index is 360. The molecule has 0 radical (unpaired) electrons. The summed E-state index contributed by atoms with van der Waals surface area (Å²) in [5.74, 6) is -0.804. The summed E-state index contributed by atoms with van der Waals surface area (Å²) >= 11 is 0. The van der Waals surface area contributed by atoms with Gasteiger partial charge >= 0.3 is 5.97 Å². The lowest BCUT2D eigenvalue weighted by Crippen LogP contribution is -2.60. The summed E-state index contributed by atoms with van der Waals surface area (Å²) in [5.41, 5.74) is -1.32. The van der Waals surface area contributed by atoms with E-state index in [1.54, 1.807) is 11.8 Å². The second kappa shape index (κ2) is 4.56. The summed E-state index contributed by atoms with van der Waals surface area (Å²) in [4.78, 5) is 25.9. The topological polar surface area (TPSA) is 57.6 Å². The van der Waals surface area contributed by atoms with Gasteiger partial charge in [0, 0.05) is 12.0 Å². The molecule has 1 saturated heterocycles. The van der Waals surface area contributed by atoms with E-state index < -0.39 is 11.5 Å². The summed E-state index contributed by atoms with van der Waals surface area (Å²) in [6, 6.07) is 0. The Morgan fingerprint density at radius 1 is 1.00 bits per heavy atom. The maximum Gasteiger partial charge on any atom is 0.329 e. The highest BCUT2D eigenvalue weighted by Gasteiger charge is 2.49. The van der Waals surface area contributed by atoms with Gasteiger partial charge in [0.1, 0.15) is 5.54 Å². The smallest absolute Gasteiger partial charge is 0.329 e. The van der Waals surface area contributed by atoms with Crippen molar-refractivity contribution in [2.75, 3.05) is 6.54 Å². The van der Waals surface area contributed by atoms with Crippen LogP contribution in [0, 0.1) is 5.41 Å². The molecule has 4 heteroatoms. The monoisotopic (exact) mass is 253 g/mol. The third kappa shape index (κ3) is 2.02. The van der Waals surface area contributed by atoms with Gasteiger partial charge in [-0.25, -0.2) is 4.79 Å². The van der Waals surface area contributed by atoms with Crippen molar-refractivity contribution >= 4 is 11.9 Å². The molecule has 0 spiro atoms. The summed E-state index contributed by atoms with van der Waals surface area (Å²) < 4.78 is 0. The zero-order valence-corrected chi connectivity index (χ0v) is 11.4. The highest BCUT2D eigenvalue weighted by atomic mass is 16.4. The third-order valence-electron chi connectivity index (χ3n) is 4.82. The molecule has 0 aromatic rings. The van der Waals surface area contributed by atoms with Gasteiger partial charge in [-0.1, -0.05) is 19.8 Å². The average molecular weight is 253 g/mol. The van der Waals surface area contributed by atoms with Crippen LogP contribution in [-0.4, -0.2) is 34.0 Å². The van der Waals surface area contributed by atoms with Crippen molar-refractivity contribution in [3.63, 3.8) is 0 Å². The lowest BCUT2D eigenvalue weighted by atomic mass is 9.81. The molecule has 1 unspecified atom stereocenters. The summed E-state index contributed by atoms with van der Waals surface area (Å²) in [5, 5.41) is 9.45. The molecule has 0 aromatic heterocycles. The van der Waals surface area contributed by atoms with Crippen molar-refractivity contribution < 1.29 is 14.7 Å². The Hall–Kier alpha value is -1.06. The molecule has 4 nitrogen and oxygen atoms in total. The van der Waals surface area contributed by atoms with Crippen molar-refractivity contribution in [3.8, 4) is 0 Å². The van der Waals surface area contributed by atoms with Gasteiger partial charge in [-0.05, 0) is 39.0 Å². The van der Waals surface area contributed by atoms with E-state index in [-0.39, 0.29) is 11.3 Å². The lowest BCUT2D eigenvalue weighted by molar-refractivity contribution is -0.165. The van der Waals surface area contributed by atoms with Gasteiger partial charge in [-0.2, -0.15) is 0 Å². The largest absolute Gasteiger partial charge is 0.480 e. The highest BCUT2D eigenvalue weighted by molar-refractivity contribution is 5.90. The number of hydrogen-bond acceptors (Lipinski definition) is 2.